The van der Waals surface area contributed by atoms with E-state index >= 15 is 0 Å². The zero-order valence-electron chi connectivity index (χ0n) is 20.5. The Balaban J connectivity index is 1.35. The summed E-state index contributed by atoms with van der Waals surface area (Å²) in [5.74, 6) is 3.54. The third kappa shape index (κ3) is 8.56. The highest BCUT2D eigenvalue weighted by Crippen LogP contribution is 2.32. The van der Waals surface area contributed by atoms with Gasteiger partial charge < -0.3 is 4.74 Å². The molecule has 1 saturated carbocycles. The van der Waals surface area contributed by atoms with Crippen LogP contribution in [0.4, 0.5) is 0 Å². The quantitative estimate of drug-likeness (QED) is 0.279. The number of benzene rings is 1. The monoisotopic (exact) mass is 436 g/mol. The van der Waals surface area contributed by atoms with Gasteiger partial charge in [-0.05, 0) is 67.3 Å². The van der Waals surface area contributed by atoms with Crippen molar-refractivity contribution in [3.63, 3.8) is 0 Å². The fourth-order valence-electron chi connectivity index (χ4n) is 4.98. The van der Waals surface area contributed by atoms with Gasteiger partial charge in [-0.25, -0.2) is 9.97 Å². The van der Waals surface area contributed by atoms with Crippen molar-refractivity contribution in [3.05, 3.63) is 42.2 Å². The molecule has 1 aromatic carbocycles. The first-order chi connectivity index (χ1) is 15.8. The highest BCUT2D eigenvalue weighted by Gasteiger charge is 2.20. The molecule has 2 unspecified atom stereocenters. The largest absolute Gasteiger partial charge is 0.494 e. The maximum absolute atomic E-state index is 5.99. The van der Waals surface area contributed by atoms with E-state index in [9.17, 15) is 0 Å². The van der Waals surface area contributed by atoms with Crippen molar-refractivity contribution >= 4 is 0 Å². The van der Waals surface area contributed by atoms with Crippen molar-refractivity contribution in [3.8, 4) is 17.1 Å². The van der Waals surface area contributed by atoms with Gasteiger partial charge in [-0.3, -0.25) is 0 Å². The Bertz CT molecular complexity index is 741. The number of ether oxygens (including phenoxy) is 1. The minimum atomic E-state index is 0.797. The minimum absolute atomic E-state index is 0.797. The standard InChI is InChI=1S/C29H44N2O/c1-3-4-5-6-7-8-9-14-25-22-30-29(31-23-25)27-17-19-28(20-18-27)32-21-12-16-26-15-11-10-13-24(26)2/h17-20,22-24,26H,3-16,21H2,1-2H3. The highest BCUT2D eigenvalue weighted by atomic mass is 16.5. The molecule has 0 aliphatic heterocycles. The SMILES string of the molecule is CCCCCCCCCc1cnc(-c2ccc(OCCCC3CCCCC3C)cc2)nc1. The van der Waals surface area contributed by atoms with Crippen molar-refractivity contribution in [2.45, 2.75) is 104 Å². The number of hydrogen-bond donors (Lipinski definition) is 0. The van der Waals surface area contributed by atoms with Crippen LogP contribution >= 0.6 is 0 Å². The molecule has 176 valence electrons. The molecular weight excluding hydrogens is 392 g/mol. The van der Waals surface area contributed by atoms with Crippen LogP contribution in [0.25, 0.3) is 11.4 Å². The number of hydrogen-bond acceptors (Lipinski definition) is 3. The summed E-state index contributed by atoms with van der Waals surface area (Å²) in [4.78, 5) is 9.20. The van der Waals surface area contributed by atoms with E-state index in [0.717, 1.165) is 48.4 Å². The lowest BCUT2D eigenvalue weighted by molar-refractivity contribution is 0.217. The molecule has 0 saturated heterocycles. The Kier molecular flexibility index (Phi) is 11.0. The van der Waals surface area contributed by atoms with Crippen LogP contribution in [0, 0.1) is 11.8 Å². The second kappa shape index (κ2) is 14.3. The summed E-state index contributed by atoms with van der Waals surface area (Å²) in [7, 11) is 0. The van der Waals surface area contributed by atoms with E-state index in [4.69, 9.17) is 4.74 Å². The molecule has 1 aliphatic rings. The predicted molar refractivity (Wildman–Crippen MR) is 135 cm³/mol. The van der Waals surface area contributed by atoms with Gasteiger partial charge in [0.25, 0.3) is 0 Å². The van der Waals surface area contributed by atoms with Crippen LogP contribution in [0.1, 0.15) is 103 Å². The Hall–Kier alpha value is -1.90. The molecule has 0 N–H and O–H groups in total. The zero-order chi connectivity index (χ0) is 22.4. The van der Waals surface area contributed by atoms with Crippen molar-refractivity contribution < 1.29 is 4.74 Å². The van der Waals surface area contributed by atoms with Crippen LogP contribution in [0.2, 0.25) is 0 Å². The fourth-order valence-corrected chi connectivity index (χ4v) is 4.98. The first-order valence-electron chi connectivity index (χ1n) is 13.3. The topological polar surface area (TPSA) is 35.0 Å². The lowest BCUT2D eigenvalue weighted by Crippen LogP contribution is -2.17. The molecule has 0 bridgehead atoms. The Morgan fingerprint density at radius 3 is 2.25 bits per heavy atom. The summed E-state index contributed by atoms with van der Waals surface area (Å²) in [6.45, 7) is 5.51. The van der Waals surface area contributed by atoms with Crippen LogP contribution in [-0.4, -0.2) is 16.6 Å². The molecule has 2 aromatic rings. The van der Waals surface area contributed by atoms with Gasteiger partial charge in [0, 0.05) is 18.0 Å². The molecule has 3 heteroatoms. The van der Waals surface area contributed by atoms with Gasteiger partial charge in [0.1, 0.15) is 5.75 Å². The third-order valence-electron chi connectivity index (χ3n) is 7.16. The molecule has 3 nitrogen and oxygen atoms in total. The summed E-state index contributed by atoms with van der Waals surface area (Å²) >= 11 is 0. The van der Waals surface area contributed by atoms with Gasteiger partial charge >= 0.3 is 0 Å². The Labute approximate surface area is 196 Å². The number of unbranched alkanes of at least 4 members (excludes halogenated alkanes) is 6. The third-order valence-corrected chi connectivity index (χ3v) is 7.16. The molecule has 32 heavy (non-hydrogen) atoms. The second-order valence-electron chi connectivity index (χ2n) is 9.82. The van der Waals surface area contributed by atoms with Crippen LogP contribution in [0.15, 0.2) is 36.7 Å². The van der Waals surface area contributed by atoms with Crippen LogP contribution in [-0.2, 0) is 6.42 Å². The lowest BCUT2D eigenvalue weighted by Gasteiger charge is -2.28. The Morgan fingerprint density at radius 2 is 1.53 bits per heavy atom. The molecular formula is C29H44N2O. The van der Waals surface area contributed by atoms with E-state index < -0.39 is 0 Å². The fraction of sp³-hybridized carbons (Fsp3) is 0.655. The maximum atomic E-state index is 5.99. The number of aromatic nitrogens is 2. The molecule has 0 amide bonds. The number of rotatable bonds is 14. The summed E-state index contributed by atoms with van der Waals surface area (Å²) in [5, 5.41) is 0. The first kappa shape index (κ1) is 24.7. The average Bonchev–Trinajstić information content (AvgIpc) is 2.83. The Morgan fingerprint density at radius 1 is 0.844 bits per heavy atom. The summed E-state index contributed by atoms with van der Waals surface area (Å²) < 4.78 is 5.99. The lowest BCUT2D eigenvalue weighted by atomic mass is 9.78. The highest BCUT2D eigenvalue weighted by molar-refractivity contribution is 5.55. The van der Waals surface area contributed by atoms with Gasteiger partial charge in [0.05, 0.1) is 6.61 Å². The summed E-state index contributed by atoms with van der Waals surface area (Å²) in [6, 6.07) is 8.25. The van der Waals surface area contributed by atoms with Crippen LogP contribution < -0.4 is 4.74 Å². The summed E-state index contributed by atoms with van der Waals surface area (Å²) in [6.07, 6.45) is 22.6. The van der Waals surface area contributed by atoms with E-state index in [1.54, 1.807) is 0 Å². The predicted octanol–water partition coefficient (Wildman–Crippen LogP) is 8.42. The van der Waals surface area contributed by atoms with E-state index in [1.807, 2.05) is 24.5 Å². The van der Waals surface area contributed by atoms with Gasteiger partial charge in [-0.1, -0.05) is 78.1 Å². The van der Waals surface area contributed by atoms with Crippen molar-refractivity contribution in [1.82, 2.24) is 9.97 Å². The molecule has 1 aliphatic carbocycles. The number of nitrogens with zero attached hydrogens (tertiary/aromatic N) is 2. The van der Waals surface area contributed by atoms with Gasteiger partial charge in [0.2, 0.25) is 0 Å². The molecule has 3 rings (SSSR count). The molecule has 1 aromatic heterocycles. The van der Waals surface area contributed by atoms with Crippen molar-refractivity contribution in [1.29, 1.82) is 0 Å². The maximum Gasteiger partial charge on any atom is 0.159 e. The molecule has 0 radical (unpaired) electrons. The normalized spacial score (nSPS) is 18.6. The van der Waals surface area contributed by atoms with Crippen molar-refractivity contribution in [2.75, 3.05) is 6.61 Å². The van der Waals surface area contributed by atoms with E-state index in [2.05, 4.69) is 35.9 Å². The van der Waals surface area contributed by atoms with Crippen LogP contribution in [0.3, 0.4) is 0 Å². The van der Waals surface area contributed by atoms with Gasteiger partial charge in [0.15, 0.2) is 5.82 Å². The smallest absolute Gasteiger partial charge is 0.159 e. The van der Waals surface area contributed by atoms with Crippen molar-refractivity contribution in [2.24, 2.45) is 11.8 Å². The first-order valence-corrected chi connectivity index (χ1v) is 13.3. The van der Waals surface area contributed by atoms with E-state index in [1.165, 1.54) is 82.6 Å². The number of aryl methyl sites for hydroxylation is 1. The van der Waals surface area contributed by atoms with E-state index in [-0.39, 0.29) is 0 Å². The zero-order valence-corrected chi connectivity index (χ0v) is 20.5. The summed E-state index contributed by atoms with van der Waals surface area (Å²) in [5.41, 5.74) is 2.30. The van der Waals surface area contributed by atoms with E-state index in [0.29, 0.717) is 0 Å². The second-order valence-corrected chi connectivity index (χ2v) is 9.82. The molecule has 1 fully saturated rings. The van der Waals surface area contributed by atoms with Crippen LogP contribution in [0.5, 0.6) is 5.75 Å². The minimum Gasteiger partial charge on any atom is -0.494 e. The molecule has 1 heterocycles. The van der Waals surface area contributed by atoms with Gasteiger partial charge in [-0.15, -0.1) is 0 Å². The average molecular weight is 437 g/mol. The molecule has 0 spiro atoms. The molecule has 2 atom stereocenters. The van der Waals surface area contributed by atoms with Gasteiger partial charge in [-0.2, -0.15) is 0 Å².